The number of benzene rings is 1. The van der Waals surface area contributed by atoms with Crippen LogP contribution in [0.5, 0.6) is 0 Å². The Bertz CT molecular complexity index is 479. The number of guanidine groups is 1. The first-order chi connectivity index (χ1) is 10.8. The fourth-order valence-corrected chi connectivity index (χ4v) is 3.03. The van der Waals surface area contributed by atoms with E-state index in [9.17, 15) is 0 Å². The standard InChI is InChI=1S/C18H29N3O.HI/c1-3-22-13-7-12-20-18(19-2)21-14-16-10-6-9-15-8-4-5-11-17(15)16;/h4-5,8,11,16H,3,6-7,9-10,12-14H2,1-2H3,(H2,19,20,21);1H. The molecule has 5 heteroatoms. The van der Waals surface area contributed by atoms with E-state index in [2.05, 4.69) is 39.9 Å². The third-order valence-corrected chi connectivity index (χ3v) is 4.20. The number of aryl methyl sites for hydroxylation is 1. The minimum Gasteiger partial charge on any atom is -0.382 e. The van der Waals surface area contributed by atoms with Crippen LogP contribution in [0.25, 0.3) is 0 Å². The summed E-state index contributed by atoms with van der Waals surface area (Å²) < 4.78 is 5.34. The zero-order chi connectivity index (χ0) is 15.6. The minimum atomic E-state index is 0. The fourth-order valence-electron chi connectivity index (χ4n) is 3.03. The van der Waals surface area contributed by atoms with Gasteiger partial charge in [0.15, 0.2) is 5.96 Å². The summed E-state index contributed by atoms with van der Waals surface area (Å²) in [6, 6.07) is 8.84. The highest BCUT2D eigenvalue weighted by Crippen LogP contribution is 2.30. The Labute approximate surface area is 157 Å². The van der Waals surface area contributed by atoms with Crippen LogP contribution in [-0.2, 0) is 11.2 Å². The summed E-state index contributed by atoms with van der Waals surface area (Å²) in [7, 11) is 1.83. The number of nitrogens with one attached hydrogen (secondary N) is 2. The number of aliphatic imine (C=N–C) groups is 1. The summed E-state index contributed by atoms with van der Waals surface area (Å²) in [6.45, 7) is 5.45. The van der Waals surface area contributed by atoms with Crippen LogP contribution in [0.4, 0.5) is 0 Å². The van der Waals surface area contributed by atoms with E-state index >= 15 is 0 Å². The third-order valence-electron chi connectivity index (χ3n) is 4.20. The number of nitrogens with zero attached hydrogens (tertiary/aromatic N) is 1. The molecule has 130 valence electrons. The maximum absolute atomic E-state index is 5.34. The Morgan fingerprint density at radius 3 is 2.91 bits per heavy atom. The second kappa shape index (κ2) is 11.7. The van der Waals surface area contributed by atoms with Gasteiger partial charge in [-0.05, 0) is 43.7 Å². The van der Waals surface area contributed by atoms with Gasteiger partial charge < -0.3 is 15.4 Å². The van der Waals surface area contributed by atoms with Gasteiger partial charge >= 0.3 is 0 Å². The van der Waals surface area contributed by atoms with Crippen LogP contribution in [0.15, 0.2) is 29.3 Å². The molecule has 1 aliphatic carbocycles. The number of hydrogen-bond acceptors (Lipinski definition) is 2. The van der Waals surface area contributed by atoms with E-state index in [1.54, 1.807) is 0 Å². The average molecular weight is 431 g/mol. The van der Waals surface area contributed by atoms with Crippen LogP contribution >= 0.6 is 24.0 Å². The molecule has 1 atom stereocenters. The summed E-state index contributed by atoms with van der Waals surface area (Å²) in [6.07, 6.45) is 4.76. The van der Waals surface area contributed by atoms with Gasteiger partial charge in [0.1, 0.15) is 0 Å². The summed E-state index contributed by atoms with van der Waals surface area (Å²) in [5.74, 6) is 1.48. The lowest BCUT2D eigenvalue weighted by molar-refractivity contribution is 0.145. The minimum absolute atomic E-state index is 0. The van der Waals surface area contributed by atoms with E-state index in [1.165, 1.54) is 30.4 Å². The van der Waals surface area contributed by atoms with Crippen molar-refractivity contribution in [3.63, 3.8) is 0 Å². The molecule has 1 aromatic rings. The molecule has 1 aliphatic rings. The van der Waals surface area contributed by atoms with Gasteiger partial charge in [-0.1, -0.05) is 24.3 Å². The fraction of sp³-hybridized carbons (Fsp3) is 0.611. The zero-order valence-corrected chi connectivity index (χ0v) is 16.6. The second-order valence-corrected chi connectivity index (χ2v) is 5.72. The molecule has 0 saturated heterocycles. The largest absolute Gasteiger partial charge is 0.382 e. The molecule has 4 nitrogen and oxygen atoms in total. The van der Waals surface area contributed by atoms with Crippen LogP contribution in [-0.4, -0.2) is 39.3 Å². The van der Waals surface area contributed by atoms with E-state index in [0.717, 1.165) is 38.7 Å². The molecule has 0 fully saturated rings. The first-order valence-corrected chi connectivity index (χ1v) is 8.45. The first kappa shape index (κ1) is 20.2. The van der Waals surface area contributed by atoms with E-state index < -0.39 is 0 Å². The normalized spacial score (nSPS) is 17.1. The highest BCUT2D eigenvalue weighted by Gasteiger charge is 2.19. The van der Waals surface area contributed by atoms with E-state index in [-0.39, 0.29) is 24.0 Å². The number of rotatable bonds is 7. The van der Waals surface area contributed by atoms with Crippen LogP contribution in [0.3, 0.4) is 0 Å². The van der Waals surface area contributed by atoms with Gasteiger partial charge in [0.05, 0.1) is 0 Å². The molecular formula is C18H30IN3O. The molecule has 23 heavy (non-hydrogen) atoms. The Balaban J connectivity index is 0.00000264. The van der Waals surface area contributed by atoms with Crippen molar-refractivity contribution in [3.05, 3.63) is 35.4 Å². The SMILES string of the molecule is CCOCCCNC(=NC)NCC1CCCc2ccccc21.I. The summed E-state index contributed by atoms with van der Waals surface area (Å²) >= 11 is 0. The Morgan fingerprint density at radius 1 is 1.30 bits per heavy atom. The number of hydrogen-bond donors (Lipinski definition) is 2. The van der Waals surface area contributed by atoms with E-state index in [1.807, 2.05) is 14.0 Å². The van der Waals surface area contributed by atoms with Crippen LogP contribution in [0.1, 0.15) is 43.2 Å². The van der Waals surface area contributed by atoms with Gasteiger partial charge in [-0.15, -0.1) is 24.0 Å². The zero-order valence-electron chi connectivity index (χ0n) is 14.3. The molecule has 0 bridgehead atoms. The highest BCUT2D eigenvalue weighted by atomic mass is 127. The molecule has 0 heterocycles. The Hall–Kier alpha value is -0.820. The quantitative estimate of drug-likeness (QED) is 0.301. The van der Waals surface area contributed by atoms with Gasteiger partial charge in [0.25, 0.3) is 0 Å². The molecular weight excluding hydrogens is 401 g/mol. The maximum atomic E-state index is 5.34. The smallest absolute Gasteiger partial charge is 0.190 e. The molecule has 0 spiro atoms. The molecule has 1 aromatic carbocycles. The number of fused-ring (bicyclic) bond motifs is 1. The number of halogens is 1. The first-order valence-electron chi connectivity index (χ1n) is 8.45. The maximum Gasteiger partial charge on any atom is 0.190 e. The molecule has 0 saturated carbocycles. The Morgan fingerprint density at radius 2 is 2.13 bits per heavy atom. The highest BCUT2D eigenvalue weighted by molar-refractivity contribution is 14.0. The van der Waals surface area contributed by atoms with Crippen molar-refractivity contribution >= 4 is 29.9 Å². The van der Waals surface area contributed by atoms with Gasteiger partial charge in [-0.2, -0.15) is 0 Å². The van der Waals surface area contributed by atoms with Gasteiger partial charge in [-0.25, -0.2) is 0 Å². The van der Waals surface area contributed by atoms with E-state index in [4.69, 9.17) is 4.74 Å². The predicted molar refractivity (Wildman–Crippen MR) is 108 cm³/mol. The summed E-state index contributed by atoms with van der Waals surface area (Å²) in [4.78, 5) is 4.30. The lowest BCUT2D eigenvalue weighted by Gasteiger charge is -2.26. The molecule has 2 rings (SSSR count). The molecule has 0 amide bonds. The molecule has 0 aliphatic heterocycles. The lowest BCUT2D eigenvalue weighted by atomic mass is 9.83. The van der Waals surface area contributed by atoms with Crippen molar-refractivity contribution in [2.75, 3.05) is 33.4 Å². The summed E-state index contributed by atoms with van der Waals surface area (Å²) in [5.41, 5.74) is 3.02. The van der Waals surface area contributed by atoms with Gasteiger partial charge in [0, 0.05) is 39.3 Å². The molecule has 0 radical (unpaired) electrons. The van der Waals surface area contributed by atoms with Crippen molar-refractivity contribution in [2.24, 2.45) is 4.99 Å². The second-order valence-electron chi connectivity index (χ2n) is 5.72. The topological polar surface area (TPSA) is 45.6 Å². The molecule has 0 aromatic heterocycles. The van der Waals surface area contributed by atoms with Crippen molar-refractivity contribution < 1.29 is 4.74 Å². The van der Waals surface area contributed by atoms with Crippen LogP contribution in [0.2, 0.25) is 0 Å². The lowest BCUT2D eigenvalue weighted by Crippen LogP contribution is -2.40. The third kappa shape index (κ3) is 6.67. The van der Waals surface area contributed by atoms with Crippen LogP contribution in [0, 0.1) is 0 Å². The summed E-state index contributed by atoms with van der Waals surface area (Å²) in [5, 5.41) is 6.82. The van der Waals surface area contributed by atoms with Crippen molar-refractivity contribution in [3.8, 4) is 0 Å². The number of ether oxygens (including phenoxy) is 1. The van der Waals surface area contributed by atoms with E-state index in [0.29, 0.717) is 5.92 Å². The van der Waals surface area contributed by atoms with Crippen molar-refractivity contribution in [1.82, 2.24) is 10.6 Å². The Kier molecular flexibility index (Phi) is 10.3. The molecule has 1 unspecified atom stereocenters. The van der Waals surface area contributed by atoms with Gasteiger partial charge in [0.2, 0.25) is 0 Å². The average Bonchev–Trinajstić information content (AvgIpc) is 2.57. The predicted octanol–water partition coefficient (Wildman–Crippen LogP) is 3.32. The molecule has 2 N–H and O–H groups in total. The van der Waals surface area contributed by atoms with Crippen molar-refractivity contribution in [1.29, 1.82) is 0 Å². The van der Waals surface area contributed by atoms with Crippen molar-refractivity contribution in [2.45, 2.75) is 38.5 Å². The monoisotopic (exact) mass is 431 g/mol. The van der Waals surface area contributed by atoms with Gasteiger partial charge in [-0.3, -0.25) is 4.99 Å². The van der Waals surface area contributed by atoms with Crippen LogP contribution < -0.4 is 10.6 Å².